The molecule has 0 spiro atoms. The van der Waals surface area contributed by atoms with Crippen molar-refractivity contribution in [3.63, 3.8) is 0 Å². The summed E-state index contributed by atoms with van der Waals surface area (Å²) < 4.78 is 35.1. The lowest BCUT2D eigenvalue weighted by atomic mass is 10.1. The Morgan fingerprint density at radius 2 is 1.96 bits per heavy atom. The zero-order valence-corrected chi connectivity index (χ0v) is 15.4. The fourth-order valence-corrected chi connectivity index (χ4v) is 5.76. The van der Waals surface area contributed by atoms with Gasteiger partial charge in [0.2, 0.25) is 10.0 Å². The summed E-state index contributed by atoms with van der Waals surface area (Å²) in [6.07, 6.45) is 6.81. The molecule has 0 bridgehead atoms. The van der Waals surface area contributed by atoms with E-state index in [2.05, 4.69) is 10.2 Å². The molecule has 1 aromatic carbocycles. The number of ether oxygens (including phenoxy) is 1. The molecule has 1 aliphatic carbocycles. The first-order valence-corrected chi connectivity index (χ1v) is 10.7. The van der Waals surface area contributed by atoms with Gasteiger partial charge in [-0.15, -0.1) is 10.2 Å². The lowest BCUT2D eigenvalue weighted by Gasteiger charge is -2.39. The van der Waals surface area contributed by atoms with Gasteiger partial charge in [-0.2, -0.15) is 4.31 Å². The average Bonchev–Trinajstić information content (AvgIpc) is 3.33. The highest BCUT2D eigenvalue weighted by Gasteiger charge is 2.40. The zero-order chi connectivity index (χ0) is 17.7. The van der Waals surface area contributed by atoms with E-state index in [1.807, 2.05) is 16.7 Å². The molecule has 0 N–H and O–H groups in total. The Labute approximate surface area is 153 Å². The number of benzene rings is 1. The quantitative estimate of drug-likeness (QED) is 0.816. The summed E-state index contributed by atoms with van der Waals surface area (Å²) in [6.45, 7) is 1.66. The third-order valence-electron chi connectivity index (χ3n) is 5.75. The highest BCUT2D eigenvalue weighted by Crippen LogP contribution is 2.34. The van der Waals surface area contributed by atoms with Crippen LogP contribution in [0.1, 0.15) is 48.4 Å². The van der Waals surface area contributed by atoms with Gasteiger partial charge in [0, 0.05) is 19.7 Å². The molecule has 2 saturated heterocycles. The van der Waals surface area contributed by atoms with Crippen LogP contribution in [0.25, 0.3) is 0 Å². The Bertz CT molecular complexity index is 928. The second-order valence-corrected chi connectivity index (χ2v) is 9.30. The monoisotopic (exact) mass is 374 g/mol. The zero-order valence-electron chi connectivity index (χ0n) is 14.5. The van der Waals surface area contributed by atoms with Gasteiger partial charge in [-0.05, 0) is 55.4 Å². The van der Waals surface area contributed by atoms with Crippen molar-refractivity contribution in [2.24, 2.45) is 0 Å². The molecule has 2 aliphatic heterocycles. The van der Waals surface area contributed by atoms with Crippen molar-refractivity contribution in [3.8, 4) is 0 Å². The molecule has 26 heavy (non-hydrogen) atoms. The van der Waals surface area contributed by atoms with E-state index in [0.717, 1.165) is 44.5 Å². The van der Waals surface area contributed by atoms with Crippen LogP contribution in [0.3, 0.4) is 0 Å². The van der Waals surface area contributed by atoms with Crippen LogP contribution < -0.4 is 0 Å². The molecule has 3 aliphatic rings. The highest BCUT2D eigenvalue weighted by atomic mass is 32.2. The van der Waals surface area contributed by atoms with Gasteiger partial charge < -0.3 is 9.30 Å². The molecule has 2 fully saturated rings. The largest absolute Gasteiger partial charge is 0.370 e. The molecule has 0 unspecified atom stereocenters. The minimum Gasteiger partial charge on any atom is -0.370 e. The highest BCUT2D eigenvalue weighted by molar-refractivity contribution is 7.89. The van der Waals surface area contributed by atoms with Crippen LogP contribution in [0.4, 0.5) is 0 Å². The minimum atomic E-state index is -3.43. The van der Waals surface area contributed by atoms with Crippen LogP contribution in [0, 0.1) is 0 Å². The molecule has 0 amide bonds. The maximum Gasteiger partial charge on any atom is 0.243 e. The lowest BCUT2D eigenvalue weighted by Crippen LogP contribution is -2.50. The van der Waals surface area contributed by atoms with Gasteiger partial charge in [-0.1, -0.05) is 6.07 Å². The molecule has 5 rings (SSSR count). The van der Waals surface area contributed by atoms with Crippen molar-refractivity contribution in [1.82, 2.24) is 19.1 Å². The van der Waals surface area contributed by atoms with E-state index in [0.29, 0.717) is 18.0 Å². The molecule has 1 atom stereocenters. The van der Waals surface area contributed by atoms with Gasteiger partial charge in [-0.25, -0.2) is 8.42 Å². The van der Waals surface area contributed by atoms with Crippen LogP contribution in [0.5, 0.6) is 0 Å². The van der Waals surface area contributed by atoms with E-state index in [9.17, 15) is 8.42 Å². The maximum atomic E-state index is 12.9. The number of hydrogen-bond donors (Lipinski definition) is 0. The van der Waals surface area contributed by atoms with Crippen molar-refractivity contribution < 1.29 is 13.2 Å². The fraction of sp³-hybridized carbons (Fsp3) is 0.556. The van der Waals surface area contributed by atoms with Gasteiger partial charge in [0.05, 0.1) is 10.9 Å². The molecule has 138 valence electrons. The van der Waals surface area contributed by atoms with Crippen molar-refractivity contribution in [1.29, 1.82) is 0 Å². The SMILES string of the molecule is O=S(=O)(c1ccc2c(c1)CCC2)N1CC(n2cnnc2[C@@H]2CCCO2)C1. The number of aromatic nitrogens is 3. The number of rotatable bonds is 4. The Kier molecular flexibility index (Phi) is 3.88. The van der Waals surface area contributed by atoms with E-state index < -0.39 is 10.0 Å². The standard InChI is InChI=1S/C18H22N4O3S/c23-26(24,16-7-6-13-3-1-4-14(13)9-16)21-10-15(11-21)22-12-19-20-18(22)17-5-2-8-25-17/h6-7,9,12,15,17H,1-5,8,10-11H2/t17-/m0/s1. The third-order valence-corrected chi connectivity index (χ3v) is 7.58. The summed E-state index contributed by atoms with van der Waals surface area (Å²) >= 11 is 0. The van der Waals surface area contributed by atoms with E-state index in [1.165, 1.54) is 11.1 Å². The predicted octanol–water partition coefficient (Wildman–Crippen LogP) is 1.86. The van der Waals surface area contributed by atoms with Gasteiger partial charge in [-0.3, -0.25) is 0 Å². The average molecular weight is 374 g/mol. The van der Waals surface area contributed by atoms with Crippen molar-refractivity contribution >= 4 is 10.0 Å². The topological polar surface area (TPSA) is 77.3 Å². The molecule has 8 heteroatoms. The first-order valence-electron chi connectivity index (χ1n) is 9.26. The number of sulfonamides is 1. The fourth-order valence-electron chi connectivity index (χ4n) is 4.19. The summed E-state index contributed by atoms with van der Waals surface area (Å²) in [7, 11) is -3.43. The molecule has 0 radical (unpaired) electrons. The lowest BCUT2D eigenvalue weighted by molar-refractivity contribution is 0.0944. The van der Waals surface area contributed by atoms with E-state index in [-0.39, 0.29) is 12.1 Å². The van der Waals surface area contributed by atoms with Crippen LogP contribution >= 0.6 is 0 Å². The Morgan fingerprint density at radius 3 is 2.77 bits per heavy atom. The van der Waals surface area contributed by atoms with Crippen LogP contribution in [0.15, 0.2) is 29.4 Å². The first kappa shape index (κ1) is 16.4. The predicted molar refractivity (Wildman–Crippen MR) is 94.2 cm³/mol. The number of aryl methyl sites for hydroxylation is 2. The first-order chi connectivity index (χ1) is 12.6. The third kappa shape index (κ3) is 2.59. The molecular formula is C18H22N4O3S. The smallest absolute Gasteiger partial charge is 0.243 e. The molecule has 1 aromatic heterocycles. The summed E-state index contributed by atoms with van der Waals surface area (Å²) in [5, 5.41) is 8.23. The van der Waals surface area contributed by atoms with Crippen molar-refractivity contribution in [2.45, 2.75) is 49.1 Å². The van der Waals surface area contributed by atoms with Gasteiger partial charge in [0.15, 0.2) is 5.82 Å². The van der Waals surface area contributed by atoms with Crippen LogP contribution in [-0.2, 0) is 27.6 Å². The molecule has 2 aromatic rings. The maximum absolute atomic E-state index is 12.9. The molecule has 3 heterocycles. The Balaban J connectivity index is 1.33. The summed E-state index contributed by atoms with van der Waals surface area (Å²) in [6, 6.07) is 5.67. The number of fused-ring (bicyclic) bond motifs is 1. The number of hydrogen-bond acceptors (Lipinski definition) is 5. The summed E-state index contributed by atoms with van der Waals surface area (Å²) in [5.74, 6) is 0.821. The van der Waals surface area contributed by atoms with Crippen molar-refractivity contribution in [2.75, 3.05) is 19.7 Å². The Morgan fingerprint density at radius 1 is 1.12 bits per heavy atom. The molecular weight excluding hydrogens is 352 g/mol. The molecule has 0 saturated carbocycles. The van der Waals surface area contributed by atoms with Gasteiger partial charge in [0.1, 0.15) is 12.4 Å². The minimum absolute atomic E-state index is 0.0140. The van der Waals surface area contributed by atoms with E-state index >= 15 is 0 Å². The van der Waals surface area contributed by atoms with Crippen LogP contribution in [0.2, 0.25) is 0 Å². The summed E-state index contributed by atoms with van der Waals surface area (Å²) in [5.41, 5.74) is 2.47. The Hall–Kier alpha value is -1.77. The normalized spacial score (nSPS) is 23.9. The van der Waals surface area contributed by atoms with Crippen LogP contribution in [-0.4, -0.2) is 47.2 Å². The second kappa shape index (κ2) is 6.14. The summed E-state index contributed by atoms with van der Waals surface area (Å²) in [4.78, 5) is 0.416. The van der Waals surface area contributed by atoms with Gasteiger partial charge >= 0.3 is 0 Å². The second-order valence-electron chi connectivity index (χ2n) is 7.36. The van der Waals surface area contributed by atoms with E-state index in [4.69, 9.17) is 4.74 Å². The van der Waals surface area contributed by atoms with Crippen molar-refractivity contribution in [3.05, 3.63) is 41.5 Å². The van der Waals surface area contributed by atoms with Gasteiger partial charge in [0.25, 0.3) is 0 Å². The van der Waals surface area contributed by atoms with E-state index in [1.54, 1.807) is 16.7 Å². The molecule has 7 nitrogen and oxygen atoms in total. The number of nitrogens with zero attached hydrogens (tertiary/aromatic N) is 4.